The van der Waals surface area contributed by atoms with Gasteiger partial charge in [0, 0.05) is 22.9 Å². The molecule has 0 saturated heterocycles. The highest BCUT2D eigenvalue weighted by Gasteiger charge is 2.52. The molecular weight excluding hydrogens is 406 g/mol. The van der Waals surface area contributed by atoms with Gasteiger partial charge in [0.05, 0.1) is 14.2 Å². The Morgan fingerprint density at radius 3 is 2.19 bits per heavy atom. The normalized spacial score (nSPS) is 27.8. The van der Waals surface area contributed by atoms with Gasteiger partial charge in [0.1, 0.15) is 17.1 Å². The van der Waals surface area contributed by atoms with Crippen molar-refractivity contribution < 1.29 is 24.2 Å². The molecule has 0 unspecified atom stereocenters. The van der Waals surface area contributed by atoms with Gasteiger partial charge in [-0.1, -0.05) is 0 Å². The number of anilines is 1. The fourth-order valence-corrected chi connectivity index (χ4v) is 6.80. The molecule has 4 aliphatic rings. The topological polar surface area (TPSA) is 84.9 Å². The van der Waals surface area contributed by atoms with Crippen LogP contribution in [-0.2, 0) is 10.2 Å². The average Bonchev–Trinajstić information content (AvgIpc) is 2.77. The molecule has 2 N–H and O–H groups in total. The van der Waals surface area contributed by atoms with E-state index in [0.29, 0.717) is 11.3 Å². The predicted molar refractivity (Wildman–Crippen MR) is 120 cm³/mol. The van der Waals surface area contributed by atoms with Crippen LogP contribution in [0.1, 0.15) is 64.8 Å². The lowest BCUT2D eigenvalue weighted by molar-refractivity contribution is -0.00617. The number of aromatic hydroxyl groups is 1. The molecule has 2 aromatic rings. The third-order valence-corrected chi connectivity index (χ3v) is 7.73. The van der Waals surface area contributed by atoms with Crippen LogP contribution < -0.4 is 10.1 Å². The van der Waals surface area contributed by atoms with Gasteiger partial charge in [0.2, 0.25) is 0 Å². The van der Waals surface area contributed by atoms with Crippen LogP contribution in [0.4, 0.5) is 5.69 Å². The molecule has 0 aliphatic heterocycles. The van der Waals surface area contributed by atoms with Crippen molar-refractivity contribution in [3.8, 4) is 11.5 Å². The van der Waals surface area contributed by atoms with E-state index in [-0.39, 0.29) is 22.6 Å². The molecule has 4 bridgehead atoms. The van der Waals surface area contributed by atoms with Gasteiger partial charge in [-0.3, -0.25) is 4.79 Å². The third-order valence-electron chi connectivity index (χ3n) is 7.73. The summed E-state index contributed by atoms with van der Waals surface area (Å²) in [5.41, 5.74) is 2.30. The van der Waals surface area contributed by atoms with Crippen molar-refractivity contribution in [2.75, 3.05) is 19.5 Å². The molecule has 0 atom stereocenters. The number of hydrogen-bond acceptors (Lipinski definition) is 5. The van der Waals surface area contributed by atoms with Crippen molar-refractivity contribution >= 4 is 17.6 Å². The van der Waals surface area contributed by atoms with Gasteiger partial charge in [-0.25, -0.2) is 4.79 Å². The second kappa shape index (κ2) is 7.84. The van der Waals surface area contributed by atoms with E-state index in [4.69, 9.17) is 4.74 Å². The standard InChI is InChI=1S/C26H29NO5/c1-31-23-6-3-18(24(29)27-19-4-5-20(22(28)11-19)25(30)32-2)10-21(23)26-12-15-7-16(13-26)9-17(8-15)14-26/h3-6,10-11,15-17,28H,7-9,12-14H2,1-2H3,(H,27,29). The summed E-state index contributed by atoms with van der Waals surface area (Å²) in [4.78, 5) is 24.7. The van der Waals surface area contributed by atoms with E-state index in [9.17, 15) is 14.7 Å². The van der Waals surface area contributed by atoms with E-state index >= 15 is 0 Å². The molecule has 0 aromatic heterocycles. The molecule has 32 heavy (non-hydrogen) atoms. The van der Waals surface area contributed by atoms with Crippen LogP contribution in [0.15, 0.2) is 36.4 Å². The lowest BCUT2D eigenvalue weighted by atomic mass is 9.48. The minimum atomic E-state index is -0.629. The number of methoxy groups -OCH3 is 2. The molecule has 6 rings (SSSR count). The molecule has 1 amide bonds. The Bertz CT molecular complexity index is 1040. The summed E-state index contributed by atoms with van der Waals surface area (Å²) < 4.78 is 10.4. The third kappa shape index (κ3) is 3.51. The van der Waals surface area contributed by atoms with Crippen molar-refractivity contribution in [3.63, 3.8) is 0 Å². The molecule has 4 saturated carbocycles. The summed E-state index contributed by atoms with van der Waals surface area (Å²) in [7, 11) is 2.95. The van der Waals surface area contributed by atoms with Gasteiger partial charge in [-0.15, -0.1) is 0 Å². The number of esters is 1. The maximum atomic E-state index is 13.1. The van der Waals surface area contributed by atoms with E-state index in [1.807, 2.05) is 12.1 Å². The van der Waals surface area contributed by atoms with Crippen LogP contribution in [0.3, 0.4) is 0 Å². The summed E-state index contributed by atoms with van der Waals surface area (Å²) in [6, 6.07) is 10.1. The predicted octanol–water partition coefficient (Wildman–Crippen LogP) is 4.91. The van der Waals surface area contributed by atoms with Crippen LogP contribution in [0.25, 0.3) is 0 Å². The Hall–Kier alpha value is -3.02. The van der Waals surface area contributed by atoms with E-state index < -0.39 is 5.97 Å². The van der Waals surface area contributed by atoms with Crippen molar-refractivity contribution in [2.24, 2.45) is 17.8 Å². The Labute approximate surface area is 187 Å². The Kier molecular flexibility index (Phi) is 5.11. The van der Waals surface area contributed by atoms with Crippen LogP contribution in [0, 0.1) is 17.8 Å². The van der Waals surface area contributed by atoms with Gasteiger partial charge in [-0.05, 0) is 92.0 Å². The number of carbonyl (C=O) groups excluding carboxylic acids is 2. The first-order valence-electron chi connectivity index (χ1n) is 11.3. The monoisotopic (exact) mass is 435 g/mol. The molecule has 0 radical (unpaired) electrons. The fourth-order valence-electron chi connectivity index (χ4n) is 6.80. The molecule has 4 aliphatic carbocycles. The highest BCUT2D eigenvalue weighted by atomic mass is 16.5. The molecule has 2 aromatic carbocycles. The number of hydrogen-bond donors (Lipinski definition) is 2. The molecule has 168 valence electrons. The van der Waals surface area contributed by atoms with Crippen molar-refractivity contribution in [1.29, 1.82) is 0 Å². The SMILES string of the molecule is COC(=O)c1ccc(NC(=O)c2ccc(OC)c(C34CC5CC(CC(C5)C3)C4)c2)cc1O. The van der Waals surface area contributed by atoms with E-state index in [1.54, 1.807) is 19.2 Å². The zero-order valence-corrected chi connectivity index (χ0v) is 18.5. The van der Waals surface area contributed by atoms with Crippen LogP contribution in [0.5, 0.6) is 11.5 Å². The Balaban J connectivity index is 1.42. The summed E-state index contributed by atoms with van der Waals surface area (Å²) in [6.45, 7) is 0. The minimum absolute atomic E-state index is 0.0547. The number of benzene rings is 2. The number of carbonyl (C=O) groups is 2. The average molecular weight is 436 g/mol. The van der Waals surface area contributed by atoms with Crippen molar-refractivity contribution in [2.45, 2.75) is 43.9 Å². The smallest absolute Gasteiger partial charge is 0.341 e. The van der Waals surface area contributed by atoms with Crippen LogP contribution >= 0.6 is 0 Å². The molecule has 6 heteroatoms. The van der Waals surface area contributed by atoms with Crippen LogP contribution in [-0.4, -0.2) is 31.2 Å². The highest BCUT2D eigenvalue weighted by Crippen LogP contribution is 2.61. The van der Waals surface area contributed by atoms with Gasteiger partial charge in [-0.2, -0.15) is 0 Å². The highest BCUT2D eigenvalue weighted by molar-refractivity contribution is 6.05. The first-order chi connectivity index (χ1) is 15.4. The Morgan fingerprint density at radius 1 is 0.969 bits per heavy atom. The quantitative estimate of drug-likeness (QED) is 0.652. The van der Waals surface area contributed by atoms with Crippen molar-refractivity contribution in [3.05, 3.63) is 53.1 Å². The molecule has 0 heterocycles. The zero-order valence-electron chi connectivity index (χ0n) is 18.5. The van der Waals surface area contributed by atoms with Crippen LogP contribution in [0.2, 0.25) is 0 Å². The maximum absolute atomic E-state index is 13.1. The summed E-state index contributed by atoms with van der Waals surface area (Å²) in [5, 5.41) is 12.9. The van der Waals surface area contributed by atoms with Gasteiger partial charge >= 0.3 is 5.97 Å². The number of nitrogens with one attached hydrogen (secondary N) is 1. The summed E-state index contributed by atoms with van der Waals surface area (Å²) >= 11 is 0. The van der Waals surface area contributed by atoms with Gasteiger partial charge in [0.15, 0.2) is 0 Å². The second-order valence-corrected chi connectivity index (χ2v) is 9.79. The molecule has 6 nitrogen and oxygen atoms in total. The molecule has 0 spiro atoms. The fraction of sp³-hybridized carbons (Fsp3) is 0.462. The number of ether oxygens (including phenoxy) is 2. The number of rotatable bonds is 5. The largest absolute Gasteiger partial charge is 0.507 e. The minimum Gasteiger partial charge on any atom is -0.507 e. The van der Waals surface area contributed by atoms with E-state index in [0.717, 1.165) is 29.1 Å². The summed E-state index contributed by atoms with van der Waals surface area (Å²) in [6.07, 6.45) is 7.61. The first-order valence-corrected chi connectivity index (χ1v) is 11.3. The lowest BCUT2D eigenvalue weighted by Crippen LogP contribution is -2.48. The molecule has 4 fully saturated rings. The number of amides is 1. The van der Waals surface area contributed by atoms with Gasteiger partial charge in [0.25, 0.3) is 5.91 Å². The first kappa shape index (κ1) is 20.9. The van der Waals surface area contributed by atoms with E-state index in [2.05, 4.69) is 10.1 Å². The van der Waals surface area contributed by atoms with Gasteiger partial charge < -0.3 is 19.9 Å². The Morgan fingerprint density at radius 2 is 1.62 bits per heavy atom. The number of phenols is 1. The number of phenolic OH excluding ortho intramolecular Hbond substituents is 1. The lowest BCUT2D eigenvalue weighted by Gasteiger charge is -2.57. The van der Waals surface area contributed by atoms with Crippen molar-refractivity contribution in [1.82, 2.24) is 0 Å². The molecular formula is C26H29NO5. The zero-order chi connectivity index (χ0) is 22.5. The van der Waals surface area contributed by atoms with E-state index in [1.165, 1.54) is 57.8 Å². The summed E-state index contributed by atoms with van der Waals surface area (Å²) in [5.74, 6) is 2.11. The maximum Gasteiger partial charge on any atom is 0.341 e. The second-order valence-electron chi connectivity index (χ2n) is 9.79.